The van der Waals surface area contributed by atoms with Gasteiger partial charge in [0.25, 0.3) is 11.8 Å². The van der Waals surface area contributed by atoms with Gasteiger partial charge in [0.1, 0.15) is 11.5 Å². The molecule has 39 heavy (non-hydrogen) atoms. The number of nitrogens with zero attached hydrogens (tertiary/aromatic N) is 7. The minimum Gasteiger partial charge on any atom is -0.332 e. The number of piperazine rings is 1. The fourth-order valence-corrected chi connectivity index (χ4v) is 5.00. The van der Waals surface area contributed by atoms with Gasteiger partial charge in [-0.15, -0.1) is 0 Å². The van der Waals surface area contributed by atoms with Crippen LogP contribution >= 0.6 is 11.6 Å². The van der Waals surface area contributed by atoms with E-state index in [0.29, 0.717) is 36.5 Å². The summed E-state index contributed by atoms with van der Waals surface area (Å²) < 4.78 is 15.4. The van der Waals surface area contributed by atoms with Gasteiger partial charge in [-0.1, -0.05) is 32.4 Å². The lowest BCUT2D eigenvalue weighted by Crippen LogP contribution is -2.62. The maximum absolute atomic E-state index is 13.8. The Morgan fingerprint density at radius 3 is 2.41 bits per heavy atom. The van der Waals surface area contributed by atoms with Crippen molar-refractivity contribution in [2.45, 2.75) is 45.6 Å². The Labute approximate surface area is 230 Å². The van der Waals surface area contributed by atoms with Gasteiger partial charge in [0.15, 0.2) is 5.65 Å². The number of amides is 2. The second kappa shape index (κ2) is 9.68. The first-order chi connectivity index (χ1) is 18.3. The summed E-state index contributed by atoms with van der Waals surface area (Å²) in [5.74, 6) is -0.892. The smallest absolute Gasteiger partial charge is 0.291 e. The first-order valence-corrected chi connectivity index (χ1v) is 13.0. The monoisotopic (exact) mass is 549 g/mol. The lowest BCUT2D eigenvalue weighted by atomic mass is 9.87. The first-order valence-electron chi connectivity index (χ1n) is 12.6. The van der Waals surface area contributed by atoms with Crippen molar-refractivity contribution in [3.05, 3.63) is 76.8 Å². The van der Waals surface area contributed by atoms with Crippen LogP contribution in [-0.4, -0.2) is 71.4 Å². The van der Waals surface area contributed by atoms with Crippen LogP contribution in [-0.2, 0) is 5.41 Å². The van der Waals surface area contributed by atoms with Gasteiger partial charge in [-0.2, -0.15) is 5.10 Å². The van der Waals surface area contributed by atoms with E-state index in [9.17, 15) is 14.0 Å². The number of aromatic nitrogens is 5. The Balaban J connectivity index is 1.47. The zero-order valence-electron chi connectivity index (χ0n) is 22.4. The molecule has 4 heterocycles. The molecule has 0 spiro atoms. The topological polar surface area (TPSA) is 96.6 Å². The number of benzene rings is 1. The van der Waals surface area contributed by atoms with Crippen molar-refractivity contribution in [2.24, 2.45) is 0 Å². The van der Waals surface area contributed by atoms with Crippen molar-refractivity contribution >= 4 is 29.1 Å². The predicted octanol–water partition coefficient (Wildman–Crippen LogP) is 4.65. The molecule has 1 fully saturated rings. The fourth-order valence-electron chi connectivity index (χ4n) is 4.82. The van der Waals surface area contributed by atoms with Crippen LogP contribution in [0.3, 0.4) is 0 Å². The van der Waals surface area contributed by atoms with Crippen LogP contribution in [0.25, 0.3) is 16.9 Å². The third kappa shape index (κ3) is 5.08. The second-order valence-electron chi connectivity index (χ2n) is 11.3. The summed E-state index contributed by atoms with van der Waals surface area (Å²) >= 11 is 6.03. The molecule has 9 nitrogen and oxygen atoms in total. The SMILES string of the molecule is CC(C)(C)c1cc(-c2ccc(F)c(Cl)c2)nn2cc(C(=O)N3CCN(C(=O)c4ncccn4)CC3(C)C)nc12. The van der Waals surface area contributed by atoms with Gasteiger partial charge in [-0.3, -0.25) is 9.59 Å². The maximum atomic E-state index is 13.8. The van der Waals surface area contributed by atoms with Crippen LogP contribution in [0, 0.1) is 5.82 Å². The van der Waals surface area contributed by atoms with Crippen molar-refractivity contribution < 1.29 is 14.0 Å². The molecule has 202 valence electrons. The van der Waals surface area contributed by atoms with Crippen LogP contribution in [0.5, 0.6) is 0 Å². The summed E-state index contributed by atoms with van der Waals surface area (Å²) in [4.78, 5) is 42.9. The van der Waals surface area contributed by atoms with Crippen LogP contribution in [0.4, 0.5) is 4.39 Å². The van der Waals surface area contributed by atoms with Gasteiger partial charge in [-0.25, -0.2) is 23.9 Å². The molecule has 11 heteroatoms. The van der Waals surface area contributed by atoms with E-state index in [1.54, 1.807) is 32.6 Å². The molecule has 3 aromatic heterocycles. The zero-order valence-corrected chi connectivity index (χ0v) is 23.2. The molecule has 2 amide bonds. The molecule has 0 unspecified atom stereocenters. The van der Waals surface area contributed by atoms with E-state index in [1.807, 2.05) is 19.9 Å². The van der Waals surface area contributed by atoms with Crippen molar-refractivity contribution in [2.75, 3.05) is 19.6 Å². The molecule has 0 aliphatic carbocycles. The van der Waals surface area contributed by atoms with Crippen molar-refractivity contribution in [3.8, 4) is 11.3 Å². The highest BCUT2D eigenvalue weighted by atomic mass is 35.5. The van der Waals surface area contributed by atoms with E-state index in [1.165, 1.54) is 24.5 Å². The van der Waals surface area contributed by atoms with Gasteiger partial charge >= 0.3 is 0 Å². The number of hydrogen-bond donors (Lipinski definition) is 0. The number of fused-ring (bicyclic) bond motifs is 1. The number of imidazole rings is 1. The lowest BCUT2D eigenvalue weighted by molar-refractivity contribution is 0.0160. The normalized spacial score (nSPS) is 15.6. The highest BCUT2D eigenvalue weighted by Crippen LogP contribution is 2.32. The molecule has 1 aromatic carbocycles. The van der Waals surface area contributed by atoms with Gasteiger partial charge in [0.2, 0.25) is 5.82 Å². The van der Waals surface area contributed by atoms with E-state index in [4.69, 9.17) is 16.6 Å². The number of carbonyl (C=O) groups excluding carboxylic acids is 2. The van der Waals surface area contributed by atoms with Crippen LogP contribution in [0.1, 0.15) is 61.3 Å². The molecule has 1 saturated heterocycles. The van der Waals surface area contributed by atoms with Gasteiger partial charge in [0, 0.05) is 43.2 Å². The number of rotatable bonds is 3. The van der Waals surface area contributed by atoms with Crippen LogP contribution < -0.4 is 0 Å². The molecule has 0 bridgehead atoms. The Hall–Kier alpha value is -3.92. The Bertz CT molecular complexity index is 1580. The van der Waals surface area contributed by atoms with Gasteiger partial charge < -0.3 is 9.80 Å². The average molecular weight is 550 g/mol. The highest BCUT2D eigenvalue weighted by Gasteiger charge is 2.40. The van der Waals surface area contributed by atoms with E-state index < -0.39 is 11.4 Å². The third-order valence-corrected chi connectivity index (χ3v) is 7.15. The quantitative estimate of drug-likeness (QED) is 0.369. The lowest BCUT2D eigenvalue weighted by Gasteiger charge is -2.46. The summed E-state index contributed by atoms with van der Waals surface area (Å²) in [6, 6.07) is 8.02. The van der Waals surface area contributed by atoms with Crippen molar-refractivity contribution in [1.29, 1.82) is 0 Å². The highest BCUT2D eigenvalue weighted by molar-refractivity contribution is 6.31. The molecule has 0 atom stereocenters. The number of halogens is 2. The molecule has 0 saturated carbocycles. The van der Waals surface area contributed by atoms with Crippen LogP contribution in [0.2, 0.25) is 5.02 Å². The molecular weight excluding hydrogens is 521 g/mol. The van der Waals surface area contributed by atoms with Crippen LogP contribution in [0.15, 0.2) is 48.9 Å². The minimum atomic E-state index is -0.661. The van der Waals surface area contributed by atoms with E-state index in [-0.39, 0.29) is 33.8 Å². The van der Waals surface area contributed by atoms with Gasteiger partial charge in [0.05, 0.1) is 22.5 Å². The molecule has 4 aromatic rings. The molecule has 1 aliphatic heterocycles. The van der Waals surface area contributed by atoms with E-state index in [2.05, 4.69) is 35.8 Å². The van der Waals surface area contributed by atoms with E-state index in [0.717, 1.165) is 5.56 Å². The fraction of sp³-hybridized carbons (Fsp3) is 0.357. The molecule has 1 aliphatic rings. The summed E-state index contributed by atoms with van der Waals surface area (Å²) in [7, 11) is 0. The molecule has 0 N–H and O–H groups in total. The Morgan fingerprint density at radius 1 is 1.05 bits per heavy atom. The third-order valence-electron chi connectivity index (χ3n) is 6.86. The average Bonchev–Trinajstić information content (AvgIpc) is 3.32. The standard InChI is InChI=1S/C28H29ClFN7O2/c1-27(2,3)18-14-21(17-7-8-20(30)19(29)13-17)34-37-15-22(33-24(18)37)25(38)36-12-11-35(16-28(36,4)5)26(39)23-31-9-6-10-32-23/h6-10,13-15H,11-12,16H2,1-5H3. The number of carbonyl (C=O) groups is 2. The Morgan fingerprint density at radius 2 is 1.77 bits per heavy atom. The first kappa shape index (κ1) is 26.7. The summed E-state index contributed by atoms with van der Waals surface area (Å²) in [6.45, 7) is 11.0. The summed E-state index contributed by atoms with van der Waals surface area (Å²) in [5.41, 5.74) is 1.95. The predicted molar refractivity (Wildman–Crippen MR) is 145 cm³/mol. The summed E-state index contributed by atoms with van der Waals surface area (Å²) in [5, 5.41) is 4.69. The van der Waals surface area contributed by atoms with Crippen molar-refractivity contribution in [1.82, 2.24) is 34.4 Å². The van der Waals surface area contributed by atoms with Crippen molar-refractivity contribution in [3.63, 3.8) is 0 Å². The molecule has 5 rings (SSSR count). The largest absolute Gasteiger partial charge is 0.332 e. The maximum Gasteiger partial charge on any atom is 0.291 e. The zero-order chi connectivity index (χ0) is 28.1. The Kier molecular flexibility index (Phi) is 6.62. The second-order valence-corrected chi connectivity index (χ2v) is 11.7. The summed E-state index contributed by atoms with van der Waals surface area (Å²) in [6.07, 6.45) is 4.68. The number of hydrogen-bond acceptors (Lipinski definition) is 6. The van der Waals surface area contributed by atoms with Gasteiger partial charge in [-0.05, 0) is 49.6 Å². The molecule has 0 radical (unpaired) electrons. The molecular formula is C28H29ClFN7O2. The minimum absolute atomic E-state index is 0.00638. The van der Waals surface area contributed by atoms with E-state index >= 15 is 0 Å².